The van der Waals surface area contributed by atoms with Gasteiger partial charge in [0.05, 0.1) is 23.8 Å². The number of halogens is 4. The van der Waals surface area contributed by atoms with Crippen molar-refractivity contribution in [2.75, 3.05) is 29.9 Å². The summed E-state index contributed by atoms with van der Waals surface area (Å²) in [5.74, 6) is -1.67. The lowest BCUT2D eigenvalue weighted by molar-refractivity contribution is -0.138. The van der Waals surface area contributed by atoms with Crippen molar-refractivity contribution in [1.82, 2.24) is 15.2 Å². The second-order valence-corrected chi connectivity index (χ2v) is 10.1. The first kappa shape index (κ1) is 27.5. The molecule has 8 nitrogen and oxygen atoms in total. The van der Waals surface area contributed by atoms with E-state index in [-0.39, 0.29) is 35.3 Å². The Balaban J connectivity index is 1.55. The first-order valence-corrected chi connectivity index (χ1v) is 13.3. The molecule has 3 N–H and O–H groups in total. The van der Waals surface area contributed by atoms with E-state index in [1.54, 1.807) is 11.0 Å². The molecule has 0 bridgehead atoms. The quantitative estimate of drug-likeness (QED) is 0.263. The number of benzene rings is 2. The summed E-state index contributed by atoms with van der Waals surface area (Å²) >= 11 is 1.20. The molecule has 0 unspecified atom stereocenters. The zero-order valence-electron chi connectivity index (χ0n) is 21.0. The maximum atomic E-state index is 14.7. The number of piperidine rings is 1. The van der Waals surface area contributed by atoms with Crippen molar-refractivity contribution in [2.24, 2.45) is 11.7 Å². The first-order chi connectivity index (χ1) is 19.2. The third-order valence-corrected chi connectivity index (χ3v) is 7.34. The highest BCUT2D eigenvalue weighted by Crippen LogP contribution is 2.48. The van der Waals surface area contributed by atoms with Gasteiger partial charge in [-0.1, -0.05) is 0 Å². The number of aromatic nitrogens is 3. The van der Waals surface area contributed by atoms with Gasteiger partial charge in [-0.15, -0.1) is 11.3 Å². The van der Waals surface area contributed by atoms with E-state index in [1.807, 2.05) is 0 Å². The molecule has 13 heteroatoms. The van der Waals surface area contributed by atoms with Crippen LogP contribution in [0.4, 0.5) is 28.9 Å². The fourth-order valence-electron chi connectivity index (χ4n) is 4.57. The van der Waals surface area contributed by atoms with Crippen molar-refractivity contribution in [3.8, 4) is 22.1 Å². The van der Waals surface area contributed by atoms with Crippen LogP contribution in [0.25, 0.3) is 10.6 Å². The third kappa shape index (κ3) is 6.05. The second-order valence-electron chi connectivity index (χ2n) is 9.20. The summed E-state index contributed by atoms with van der Waals surface area (Å²) in [4.78, 5) is 19.1. The Bertz CT molecular complexity index is 1480. The average molecular weight is 573 g/mol. The van der Waals surface area contributed by atoms with Crippen LogP contribution in [0.2, 0.25) is 0 Å². The Morgan fingerprint density at radius 1 is 1.15 bits per heavy atom. The summed E-state index contributed by atoms with van der Waals surface area (Å²) in [6.07, 6.45) is -0.440. The van der Waals surface area contributed by atoms with E-state index in [2.05, 4.69) is 20.5 Å². The predicted molar refractivity (Wildman–Crippen MR) is 143 cm³/mol. The number of hydrogen-bond donors (Lipinski definition) is 2. The number of carbonyl (C=O) groups excluding carboxylic acids is 1. The van der Waals surface area contributed by atoms with E-state index in [0.29, 0.717) is 30.1 Å². The van der Waals surface area contributed by atoms with Crippen LogP contribution >= 0.6 is 11.3 Å². The Morgan fingerprint density at radius 2 is 1.95 bits per heavy atom. The molecule has 5 rings (SSSR count). The summed E-state index contributed by atoms with van der Waals surface area (Å²) in [6.45, 7) is 0.924. The number of nitrogens with zero attached hydrogens (tertiary/aromatic N) is 4. The van der Waals surface area contributed by atoms with Gasteiger partial charge in [-0.05, 0) is 67.8 Å². The molecule has 1 aliphatic rings. The Morgan fingerprint density at radius 3 is 2.65 bits per heavy atom. The Labute approximate surface area is 230 Å². The summed E-state index contributed by atoms with van der Waals surface area (Å²) < 4.78 is 63.1. The zero-order valence-corrected chi connectivity index (χ0v) is 21.8. The molecule has 2 aromatic heterocycles. The zero-order chi connectivity index (χ0) is 28.3. The van der Waals surface area contributed by atoms with Gasteiger partial charge in [0.2, 0.25) is 0 Å². The lowest BCUT2D eigenvalue weighted by atomic mass is 9.96. The minimum Gasteiger partial charge on any atom is -0.457 e. The van der Waals surface area contributed by atoms with Crippen LogP contribution in [0.15, 0.2) is 60.2 Å². The maximum absolute atomic E-state index is 14.7. The number of ether oxygens (including phenoxy) is 1. The molecule has 0 saturated carbocycles. The van der Waals surface area contributed by atoms with Gasteiger partial charge < -0.3 is 20.7 Å². The smallest absolute Gasteiger partial charge is 0.422 e. The SMILES string of the molecule is NC[C@@H]1CCCN(c2c(NC(=O)c3csc(-c4ccnnc4)n3)ccc(Oc3ccc(F)cc3)c2C(F)(F)F)C1. The van der Waals surface area contributed by atoms with E-state index >= 15 is 0 Å². The molecule has 3 heterocycles. The highest BCUT2D eigenvalue weighted by Gasteiger charge is 2.41. The van der Waals surface area contributed by atoms with Crippen molar-refractivity contribution in [3.63, 3.8) is 0 Å². The van der Waals surface area contributed by atoms with E-state index in [0.717, 1.165) is 24.6 Å². The second kappa shape index (κ2) is 11.6. The van der Waals surface area contributed by atoms with E-state index in [9.17, 15) is 22.4 Å². The van der Waals surface area contributed by atoms with Gasteiger partial charge in [-0.25, -0.2) is 9.37 Å². The van der Waals surface area contributed by atoms with Gasteiger partial charge in [-0.3, -0.25) is 4.79 Å². The van der Waals surface area contributed by atoms with Crippen molar-refractivity contribution in [2.45, 2.75) is 19.0 Å². The highest BCUT2D eigenvalue weighted by atomic mass is 32.1. The van der Waals surface area contributed by atoms with Gasteiger partial charge >= 0.3 is 6.18 Å². The molecule has 2 aromatic carbocycles. The molecule has 1 saturated heterocycles. The number of rotatable bonds is 7. The molecule has 208 valence electrons. The van der Waals surface area contributed by atoms with Crippen LogP contribution in [-0.4, -0.2) is 40.7 Å². The fraction of sp³-hybridized carbons (Fsp3) is 0.259. The fourth-order valence-corrected chi connectivity index (χ4v) is 5.36. The highest BCUT2D eigenvalue weighted by molar-refractivity contribution is 7.13. The minimum absolute atomic E-state index is 0.0184. The molecule has 1 atom stereocenters. The number of amides is 1. The van der Waals surface area contributed by atoms with Crippen LogP contribution in [0, 0.1) is 11.7 Å². The van der Waals surface area contributed by atoms with Crippen molar-refractivity contribution in [1.29, 1.82) is 0 Å². The molecule has 1 fully saturated rings. The molecular weight excluding hydrogens is 548 g/mol. The lowest BCUT2D eigenvalue weighted by Crippen LogP contribution is -2.40. The van der Waals surface area contributed by atoms with E-state index < -0.39 is 29.2 Å². The molecular formula is C27H24F4N6O2S. The summed E-state index contributed by atoms with van der Waals surface area (Å²) in [7, 11) is 0. The molecule has 0 radical (unpaired) electrons. The number of nitrogens with two attached hydrogens (primary N) is 1. The van der Waals surface area contributed by atoms with Crippen LogP contribution in [-0.2, 0) is 6.18 Å². The van der Waals surface area contributed by atoms with Crippen molar-refractivity contribution < 1.29 is 27.1 Å². The largest absolute Gasteiger partial charge is 0.457 e. The molecule has 1 amide bonds. The third-order valence-electron chi connectivity index (χ3n) is 6.45. The van der Waals surface area contributed by atoms with Gasteiger partial charge in [0.25, 0.3) is 5.91 Å². The van der Waals surface area contributed by atoms with Crippen molar-refractivity contribution in [3.05, 3.63) is 77.3 Å². The number of carbonyl (C=O) groups is 1. The number of hydrogen-bond acceptors (Lipinski definition) is 8. The van der Waals surface area contributed by atoms with Gasteiger partial charge in [0, 0.05) is 24.0 Å². The summed E-state index contributed by atoms with van der Waals surface area (Å²) in [5.41, 5.74) is 5.26. The maximum Gasteiger partial charge on any atom is 0.422 e. The van der Waals surface area contributed by atoms with E-state index in [4.69, 9.17) is 10.5 Å². The molecule has 4 aromatic rings. The molecule has 1 aliphatic heterocycles. The molecule has 0 spiro atoms. The average Bonchev–Trinajstić information content (AvgIpc) is 3.45. The van der Waals surface area contributed by atoms with Gasteiger partial charge in [0.1, 0.15) is 33.6 Å². The molecule has 40 heavy (non-hydrogen) atoms. The van der Waals surface area contributed by atoms with Gasteiger partial charge in [-0.2, -0.15) is 23.4 Å². The first-order valence-electron chi connectivity index (χ1n) is 12.4. The number of anilines is 2. The topological polar surface area (TPSA) is 106 Å². The number of alkyl halides is 3. The lowest BCUT2D eigenvalue weighted by Gasteiger charge is -2.37. The van der Waals surface area contributed by atoms with Crippen molar-refractivity contribution >= 4 is 28.6 Å². The Kier molecular flexibility index (Phi) is 7.94. The number of thiazole rings is 1. The number of nitrogens with one attached hydrogen (secondary N) is 1. The Hall–Kier alpha value is -4.10. The minimum atomic E-state index is -4.84. The van der Waals surface area contributed by atoms with Crippen LogP contribution in [0.1, 0.15) is 28.9 Å². The predicted octanol–water partition coefficient (Wildman–Crippen LogP) is 5.98. The van der Waals surface area contributed by atoms with Crippen LogP contribution in [0.5, 0.6) is 11.5 Å². The van der Waals surface area contributed by atoms with E-state index in [1.165, 1.54) is 47.3 Å². The monoisotopic (exact) mass is 572 g/mol. The summed E-state index contributed by atoms with van der Waals surface area (Å²) in [6, 6.07) is 8.88. The summed E-state index contributed by atoms with van der Waals surface area (Å²) in [5, 5.41) is 12.2. The normalized spacial score (nSPS) is 15.6. The standard InChI is InChI=1S/C27H24F4N6O2S/c28-18-3-5-19(6-4-18)39-22-8-7-20(24(23(22)27(29,30)31)37-11-1-2-16(12-32)14-37)35-25(38)21-15-40-26(36-21)17-9-10-33-34-13-17/h3-10,13,15-16H,1-2,11-12,14,32H2,(H,35,38)/t16-/m0/s1. The van der Waals surface area contributed by atoms with Crippen LogP contribution in [0.3, 0.4) is 0 Å². The van der Waals surface area contributed by atoms with Crippen LogP contribution < -0.4 is 20.7 Å². The van der Waals surface area contributed by atoms with Gasteiger partial charge in [0.15, 0.2) is 0 Å². The molecule has 0 aliphatic carbocycles.